The first-order valence-electron chi connectivity index (χ1n) is 5.95. The van der Waals surface area contributed by atoms with E-state index in [2.05, 4.69) is 23.8 Å². The van der Waals surface area contributed by atoms with E-state index in [1.165, 1.54) is 12.7 Å². The van der Waals surface area contributed by atoms with Gasteiger partial charge >= 0.3 is 5.97 Å². The molecule has 98 valence electrons. The largest absolute Gasteiger partial charge is 0.467 e. The fourth-order valence-electron chi connectivity index (χ4n) is 2.37. The molecule has 0 amide bonds. The van der Waals surface area contributed by atoms with Crippen LogP contribution in [-0.4, -0.2) is 25.8 Å². The van der Waals surface area contributed by atoms with Crippen molar-refractivity contribution in [2.45, 2.75) is 33.2 Å². The van der Waals surface area contributed by atoms with Crippen LogP contribution in [0, 0.1) is 20.8 Å². The molecule has 1 aromatic carbocycles. The van der Waals surface area contributed by atoms with Crippen molar-refractivity contribution in [3.05, 3.63) is 34.4 Å². The van der Waals surface area contributed by atoms with Gasteiger partial charge < -0.3 is 14.2 Å². The van der Waals surface area contributed by atoms with Gasteiger partial charge in [-0.2, -0.15) is 0 Å². The second-order valence-electron chi connectivity index (χ2n) is 4.63. The summed E-state index contributed by atoms with van der Waals surface area (Å²) in [6.45, 7) is 6.34. The van der Waals surface area contributed by atoms with Gasteiger partial charge in [0.25, 0.3) is 0 Å². The third-order valence-electron chi connectivity index (χ3n) is 3.12. The number of hydrogen-bond donors (Lipinski definition) is 0. The molecule has 1 aliphatic rings. The average Bonchev–Trinajstić information content (AvgIpc) is 2.76. The van der Waals surface area contributed by atoms with Gasteiger partial charge in [0.15, 0.2) is 12.4 Å². The molecule has 0 unspecified atom stereocenters. The second-order valence-corrected chi connectivity index (χ2v) is 4.63. The van der Waals surface area contributed by atoms with Crippen molar-refractivity contribution in [2.24, 2.45) is 0 Å². The summed E-state index contributed by atoms with van der Waals surface area (Å²) < 4.78 is 15.8. The molecule has 1 saturated heterocycles. The topological polar surface area (TPSA) is 44.8 Å². The molecule has 4 heteroatoms. The Balaban J connectivity index is 2.22. The zero-order chi connectivity index (χ0) is 13.3. The molecule has 0 aliphatic carbocycles. The van der Waals surface area contributed by atoms with Gasteiger partial charge in [0.05, 0.1) is 13.7 Å². The highest BCUT2D eigenvalue weighted by molar-refractivity contribution is 5.75. The highest BCUT2D eigenvalue weighted by Gasteiger charge is 2.34. The average molecular weight is 250 g/mol. The number of ether oxygens (including phenoxy) is 3. The molecule has 1 heterocycles. The van der Waals surface area contributed by atoms with E-state index in [0.717, 1.165) is 16.7 Å². The molecule has 2 rings (SSSR count). The van der Waals surface area contributed by atoms with Crippen LogP contribution < -0.4 is 0 Å². The maximum absolute atomic E-state index is 11.4. The summed E-state index contributed by atoms with van der Waals surface area (Å²) in [5.41, 5.74) is 4.44. The van der Waals surface area contributed by atoms with E-state index in [-0.39, 0.29) is 12.6 Å². The van der Waals surface area contributed by atoms with Crippen molar-refractivity contribution >= 4 is 5.97 Å². The van der Waals surface area contributed by atoms with Gasteiger partial charge in [-0.25, -0.2) is 4.79 Å². The molecular formula is C14H18O4. The molecule has 0 saturated carbocycles. The Morgan fingerprint density at radius 3 is 2.44 bits per heavy atom. The Kier molecular flexibility index (Phi) is 3.68. The fraction of sp³-hybridized carbons (Fsp3) is 0.500. The zero-order valence-corrected chi connectivity index (χ0v) is 11.1. The molecule has 0 bridgehead atoms. The van der Waals surface area contributed by atoms with E-state index < -0.39 is 12.4 Å². The molecule has 0 N–H and O–H groups in total. The summed E-state index contributed by atoms with van der Waals surface area (Å²) in [6.07, 6.45) is -1.10. The molecule has 0 spiro atoms. The third-order valence-corrected chi connectivity index (χ3v) is 3.12. The van der Waals surface area contributed by atoms with E-state index in [4.69, 9.17) is 9.47 Å². The lowest BCUT2D eigenvalue weighted by Gasteiger charge is -2.17. The summed E-state index contributed by atoms with van der Waals surface area (Å²) in [6, 6.07) is 4.17. The van der Waals surface area contributed by atoms with Crippen molar-refractivity contribution in [1.29, 1.82) is 0 Å². The molecule has 1 aromatic rings. The highest BCUT2D eigenvalue weighted by Crippen LogP contribution is 2.32. The van der Waals surface area contributed by atoms with Crippen molar-refractivity contribution in [3.63, 3.8) is 0 Å². The predicted octanol–water partition coefficient (Wildman–Crippen LogP) is 2.20. The maximum atomic E-state index is 11.4. The summed E-state index contributed by atoms with van der Waals surface area (Å²) in [4.78, 5) is 11.4. The van der Waals surface area contributed by atoms with Gasteiger partial charge in [-0.3, -0.25) is 0 Å². The van der Waals surface area contributed by atoms with Gasteiger partial charge in [0, 0.05) is 5.56 Å². The number of carbonyl (C=O) groups is 1. The van der Waals surface area contributed by atoms with Gasteiger partial charge in [0.2, 0.25) is 0 Å². The molecule has 4 nitrogen and oxygen atoms in total. The van der Waals surface area contributed by atoms with Crippen LogP contribution in [0.4, 0.5) is 0 Å². The first kappa shape index (κ1) is 13.1. The lowest BCUT2D eigenvalue weighted by Crippen LogP contribution is -2.24. The van der Waals surface area contributed by atoms with Gasteiger partial charge in [-0.05, 0) is 31.9 Å². The highest BCUT2D eigenvalue weighted by atomic mass is 16.7. The molecule has 1 aliphatic heterocycles. The Morgan fingerprint density at radius 2 is 1.89 bits per heavy atom. The Labute approximate surface area is 107 Å². The summed E-state index contributed by atoms with van der Waals surface area (Å²) >= 11 is 0. The molecule has 2 atom stereocenters. The lowest BCUT2D eigenvalue weighted by molar-refractivity contribution is -0.154. The molecular weight excluding hydrogens is 232 g/mol. The first-order chi connectivity index (χ1) is 8.52. The summed E-state index contributed by atoms with van der Waals surface area (Å²) in [5.74, 6) is -0.389. The number of hydrogen-bond acceptors (Lipinski definition) is 4. The van der Waals surface area contributed by atoms with Crippen LogP contribution in [0.2, 0.25) is 0 Å². The smallest absolute Gasteiger partial charge is 0.337 e. The summed E-state index contributed by atoms with van der Waals surface area (Å²) in [5, 5.41) is 0. The molecule has 18 heavy (non-hydrogen) atoms. The van der Waals surface area contributed by atoms with Gasteiger partial charge in [0.1, 0.15) is 0 Å². The minimum atomic E-state index is -0.625. The third kappa shape index (κ3) is 2.40. The fourth-order valence-corrected chi connectivity index (χ4v) is 2.37. The van der Waals surface area contributed by atoms with Crippen molar-refractivity contribution in [1.82, 2.24) is 0 Å². The monoisotopic (exact) mass is 250 g/mol. The van der Waals surface area contributed by atoms with Crippen LogP contribution in [0.3, 0.4) is 0 Å². The van der Waals surface area contributed by atoms with Crippen molar-refractivity contribution in [2.75, 3.05) is 13.7 Å². The van der Waals surface area contributed by atoms with Crippen LogP contribution in [0.5, 0.6) is 0 Å². The number of benzene rings is 1. The number of carbonyl (C=O) groups excluding carboxylic acids is 1. The van der Waals surface area contributed by atoms with Crippen LogP contribution in [0.25, 0.3) is 0 Å². The Hall–Kier alpha value is -1.39. The second kappa shape index (κ2) is 5.08. The van der Waals surface area contributed by atoms with Crippen LogP contribution in [-0.2, 0) is 19.0 Å². The van der Waals surface area contributed by atoms with Crippen molar-refractivity contribution < 1.29 is 19.0 Å². The maximum Gasteiger partial charge on any atom is 0.337 e. The van der Waals surface area contributed by atoms with Crippen LogP contribution in [0.15, 0.2) is 12.1 Å². The van der Waals surface area contributed by atoms with Crippen LogP contribution in [0.1, 0.15) is 28.5 Å². The van der Waals surface area contributed by atoms with E-state index in [0.29, 0.717) is 0 Å². The van der Waals surface area contributed by atoms with Crippen LogP contribution >= 0.6 is 0 Å². The SMILES string of the molecule is COC(=O)[C@H]1CO[C@@H](c2c(C)cc(C)cc2C)O1. The normalized spacial score (nSPS) is 23.1. The molecule has 1 fully saturated rings. The quantitative estimate of drug-likeness (QED) is 0.755. The Bertz CT molecular complexity index is 444. The lowest BCUT2D eigenvalue weighted by atomic mass is 9.99. The molecule has 0 aromatic heterocycles. The van der Waals surface area contributed by atoms with E-state index in [1.807, 2.05) is 13.8 Å². The predicted molar refractivity (Wildman–Crippen MR) is 66.2 cm³/mol. The van der Waals surface area contributed by atoms with Gasteiger partial charge in [-0.15, -0.1) is 0 Å². The summed E-state index contributed by atoms with van der Waals surface area (Å²) in [7, 11) is 1.35. The first-order valence-corrected chi connectivity index (χ1v) is 5.95. The zero-order valence-electron chi connectivity index (χ0n) is 11.1. The van der Waals surface area contributed by atoms with Crippen molar-refractivity contribution in [3.8, 4) is 0 Å². The number of esters is 1. The van der Waals surface area contributed by atoms with E-state index >= 15 is 0 Å². The molecule has 0 radical (unpaired) electrons. The Morgan fingerprint density at radius 1 is 1.28 bits per heavy atom. The minimum Gasteiger partial charge on any atom is -0.467 e. The minimum absolute atomic E-state index is 0.240. The number of methoxy groups -OCH3 is 1. The van der Waals surface area contributed by atoms with E-state index in [1.54, 1.807) is 0 Å². The number of aryl methyl sites for hydroxylation is 3. The van der Waals surface area contributed by atoms with E-state index in [9.17, 15) is 4.79 Å². The standard InChI is InChI=1S/C14H18O4/c1-8-5-9(2)12(10(3)6-8)14-17-7-11(18-14)13(15)16-4/h5-6,11,14H,7H2,1-4H3/t11-,14-/m1/s1. The number of rotatable bonds is 2. The van der Waals surface area contributed by atoms with Gasteiger partial charge in [-0.1, -0.05) is 17.7 Å².